The molecule has 2 heterocycles. The van der Waals surface area contributed by atoms with E-state index in [1.54, 1.807) is 54.6 Å². The van der Waals surface area contributed by atoms with Crippen LogP contribution in [0.15, 0.2) is 59.5 Å². The summed E-state index contributed by atoms with van der Waals surface area (Å²) in [5.41, 5.74) is 1.59. The van der Waals surface area contributed by atoms with Crippen LogP contribution in [-0.2, 0) is 11.3 Å². The van der Waals surface area contributed by atoms with Gasteiger partial charge in [0, 0.05) is 11.1 Å². The van der Waals surface area contributed by atoms with Gasteiger partial charge in [0.05, 0.1) is 27.2 Å². The van der Waals surface area contributed by atoms with Gasteiger partial charge in [-0.05, 0) is 88.8 Å². The minimum absolute atomic E-state index is 0.00636. The number of esters is 1. The highest BCUT2D eigenvalue weighted by Crippen LogP contribution is 2.40. The van der Waals surface area contributed by atoms with Crippen LogP contribution in [-0.4, -0.2) is 35.4 Å². The van der Waals surface area contributed by atoms with E-state index in [-0.39, 0.29) is 24.0 Å². The highest BCUT2D eigenvalue weighted by atomic mass is 127. The third-order valence-corrected chi connectivity index (χ3v) is 7.64. The summed E-state index contributed by atoms with van der Waals surface area (Å²) in [5.74, 6) is 0.704. The Morgan fingerprint density at radius 3 is 2.61 bits per heavy atom. The lowest BCUT2D eigenvalue weighted by atomic mass is 10.1. The maximum atomic E-state index is 13.1. The lowest BCUT2D eigenvalue weighted by Crippen LogP contribution is -2.27. The summed E-state index contributed by atoms with van der Waals surface area (Å²) in [6.07, 6.45) is 1.61. The second-order valence-electron chi connectivity index (χ2n) is 8.08. The molecule has 11 heteroatoms. The number of benzene rings is 3. The summed E-state index contributed by atoms with van der Waals surface area (Å²) in [4.78, 5) is 39.9. The molecule has 0 aliphatic carbocycles. The highest BCUT2D eigenvalue weighted by Gasteiger charge is 2.36. The SMILES string of the molecule is CCOc1cc(/C=C2\SC(=O)N(Cc3cc4c(cc3Cl)OCO4)C2=O)cc(I)c1OC(=O)c1ccccc1. The van der Waals surface area contributed by atoms with Crippen molar-refractivity contribution in [3.8, 4) is 23.0 Å². The largest absolute Gasteiger partial charge is 0.490 e. The molecule has 0 radical (unpaired) electrons. The average molecular weight is 664 g/mol. The molecule has 8 nitrogen and oxygen atoms in total. The number of amides is 2. The standard InChI is InChI=1S/C27H19ClINO7S/c1-2-34-22-9-15(8-19(29)24(22)37-26(32)16-6-4-3-5-7-16)10-23-25(31)30(27(33)38-23)13-17-11-20-21(12-18(17)28)36-14-35-20/h3-12H,2,13-14H2,1H3/b23-10-. The zero-order valence-electron chi connectivity index (χ0n) is 19.9. The number of rotatable bonds is 7. The van der Waals surface area contributed by atoms with Gasteiger partial charge in [-0.15, -0.1) is 0 Å². The average Bonchev–Trinajstić information content (AvgIpc) is 3.45. The van der Waals surface area contributed by atoms with Crippen LogP contribution < -0.4 is 18.9 Å². The summed E-state index contributed by atoms with van der Waals surface area (Å²) in [6, 6.07) is 15.3. The number of fused-ring (bicyclic) bond motifs is 1. The van der Waals surface area contributed by atoms with E-state index in [2.05, 4.69) is 0 Å². The van der Waals surface area contributed by atoms with Crippen molar-refractivity contribution in [1.29, 1.82) is 0 Å². The fourth-order valence-corrected chi connectivity index (χ4v) is 5.58. The van der Waals surface area contributed by atoms with Crippen LogP contribution in [0.25, 0.3) is 6.08 Å². The van der Waals surface area contributed by atoms with Crippen molar-refractivity contribution in [2.75, 3.05) is 13.4 Å². The van der Waals surface area contributed by atoms with Gasteiger partial charge in [0.2, 0.25) is 6.79 Å². The first kappa shape index (κ1) is 26.4. The Morgan fingerprint density at radius 1 is 1.13 bits per heavy atom. The molecule has 0 N–H and O–H groups in total. The van der Waals surface area contributed by atoms with Crippen LogP contribution in [0.2, 0.25) is 5.02 Å². The van der Waals surface area contributed by atoms with Gasteiger partial charge in [-0.2, -0.15) is 0 Å². The van der Waals surface area contributed by atoms with Gasteiger partial charge in [-0.25, -0.2) is 4.79 Å². The molecule has 2 aliphatic rings. The molecule has 0 saturated carbocycles. The van der Waals surface area contributed by atoms with Crippen LogP contribution in [0.1, 0.15) is 28.4 Å². The van der Waals surface area contributed by atoms with Gasteiger partial charge < -0.3 is 18.9 Å². The molecule has 1 saturated heterocycles. The normalized spacial score (nSPS) is 15.3. The number of hydrogen-bond acceptors (Lipinski definition) is 8. The number of thioether (sulfide) groups is 1. The highest BCUT2D eigenvalue weighted by molar-refractivity contribution is 14.1. The number of halogens is 2. The molecule has 38 heavy (non-hydrogen) atoms. The van der Waals surface area contributed by atoms with Crippen molar-refractivity contribution in [3.63, 3.8) is 0 Å². The van der Waals surface area contributed by atoms with Crippen molar-refractivity contribution in [2.24, 2.45) is 0 Å². The van der Waals surface area contributed by atoms with Crippen LogP contribution in [0.3, 0.4) is 0 Å². The van der Waals surface area contributed by atoms with Gasteiger partial charge in [-0.1, -0.05) is 29.8 Å². The number of carbonyl (C=O) groups is 3. The van der Waals surface area contributed by atoms with Gasteiger partial charge in [0.1, 0.15) is 0 Å². The maximum absolute atomic E-state index is 13.1. The van der Waals surface area contributed by atoms with Crippen molar-refractivity contribution >= 4 is 69.1 Å². The predicted molar refractivity (Wildman–Crippen MR) is 151 cm³/mol. The number of ether oxygens (including phenoxy) is 4. The second-order valence-corrected chi connectivity index (χ2v) is 10.6. The lowest BCUT2D eigenvalue weighted by Gasteiger charge is -2.14. The lowest BCUT2D eigenvalue weighted by molar-refractivity contribution is -0.123. The Labute approximate surface area is 241 Å². The minimum atomic E-state index is -0.513. The predicted octanol–water partition coefficient (Wildman–Crippen LogP) is 6.53. The first-order chi connectivity index (χ1) is 18.3. The van der Waals surface area contributed by atoms with Crippen LogP contribution in [0.4, 0.5) is 4.79 Å². The molecule has 0 aromatic heterocycles. The monoisotopic (exact) mass is 663 g/mol. The number of hydrogen-bond donors (Lipinski definition) is 0. The molecule has 2 amide bonds. The molecule has 3 aromatic rings. The smallest absolute Gasteiger partial charge is 0.343 e. The molecule has 0 atom stereocenters. The van der Waals surface area contributed by atoms with E-state index in [0.717, 1.165) is 16.7 Å². The Hall–Kier alpha value is -3.22. The van der Waals surface area contributed by atoms with Gasteiger partial charge in [0.15, 0.2) is 23.0 Å². The molecule has 5 rings (SSSR count). The van der Waals surface area contributed by atoms with Crippen LogP contribution in [0.5, 0.6) is 23.0 Å². The maximum Gasteiger partial charge on any atom is 0.343 e. The number of nitrogens with zero attached hydrogens (tertiary/aromatic N) is 1. The topological polar surface area (TPSA) is 91.4 Å². The third-order valence-electron chi connectivity index (χ3n) is 5.58. The summed E-state index contributed by atoms with van der Waals surface area (Å²) in [5, 5.41) is -0.0445. The molecule has 2 aliphatic heterocycles. The van der Waals surface area contributed by atoms with E-state index in [4.69, 9.17) is 30.5 Å². The first-order valence-electron chi connectivity index (χ1n) is 11.4. The molecule has 0 spiro atoms. The molecule has 3 aromatic carbocycles. The number of imide groups is 1. The van der Waals surface area contributed by atoms with E-state index in [1.807, 2.05) is 35.6 Å². The quantitative estimate of drug-likeness (QED) is 0.122. The molecular weight excluding hydrogens is 645 g/mol. The second kappa shape index (κ2) is 11.3. The molecule has 0 unspecified atom stereocenters. The van der Waals surface area contributed by atoms with Crippen molar-refractivity contribution in [3.05, 3.63) is 84.8 Å². The van der Waals surface area contributed by atoms with Crippen molar-refractivity contribution in [2.45, 2.75) is 13.5 Å². The summed E-state index contributed by atoms with van der Waals surface area (Å²) in [6.45, 7) is 2.23. The Kier molecular flexibility index (Phi) is 7.82. The van der Waals surface area contributed by atoms with Crippen molar-refractivity contribution in [1.82, 2.24) is 4.90 Å². The van der Waals surface area contributed by atoms with E-state index in [0.29, 0.717) is 49.1 Å². The van der Waals surface area contributed by atoms with E-state index >= 15 is 0 Å². The first-order valence-corrected chi connectivity index (χ1v) is 13.7. The molecule has 0 bridgehead atoms. The van der Waals surface area contributed by atoms with E-state index < -0.39 is 17.1 Å². The Morgan fingerprint density at radius 2 is 1.87 bits per heavy atom. The Balaban J connectivity index is 1.38. The van der Waals surface area contributed by atoms with Crippen LogP contribution in [0, 0.1) is 3.57 Å². The zero-order valence-corrected chi connectivity index (χ0v) is 23.6. The van der Waals surface area contributed by atoms with Crippen LogP contribution >= 0.6 is 46.0 Å². The van der Waals surface area contributed by atoms with Crippen molar-refractivity contribution < 1.29 is 33.3 Å². The van der Waals surface area contributed by atoms with E-state index in [9.17, 15) is 14.4 Å². The zero-order chi connectivity index (χ0) is 26.8. The molecule has 194 valence electrons. The van der Waals surface area contributed by atoms with Gasteiger partial charge in [-0.3, -0.25) is 14.5 Å². The fraction of sp³-hybridized carbons (Fsp3) is 0.148. The summed E-state index contributed by atoms with van der Waals surface area (Å²) < 4.78 is 22.7. The van der Waals surface area contributed by atoms with E-state index in [1.165, 1.54) is 0 Å². The third kappa shape index (κ3) is 5.47. The Bertz CT molecular complexity index is 1480. The fourth-order valence-electron chi connectivity index (χ4n) is 3.80. The molecule has 1 fully saturated rings. The summed E-state index contributed by atoms with van der Waals surface area (Å²) >= 11 is 9.23. The molecular formula is C27H19ClINO7S. The van der Waals surface area contributed by atoms with Gasteiger partial charge >= 0.3 is 5.97 Å². The van der Waals surface area contributed by atoms with Gasteiger partial charge in [0.25, 0.3) is 11.1 Å². The summed E-state index contributed by atoms with van der Waals surface area (Å²) in [7, 11) is 0. The number of carbonyl (C=O) groups excluding carboxylic acids is 3. The minimum Gasteiger partial charge on any atom is -0.490 e.